The van der Waals surface area contributed by atoms with Gasteiger partial charge in [-0.25, -0.2) is 0 Å². The Labute approximate surface area is 203 Å². The molecule has 3 N–H and O–H groups in total. The van der Waals surface area contributed by atoms with E-state index in [4.69, 9.17) is 11.6 Å². The van der Waals surface area contributed by atoms with E-state index in [9.17, 15) is 14.7 Å². The number of piperidine rings is 1. The predicted molar refractivity (Wildman–Crippen MR) is 130 cm³/mol. The summed E-state index contributed by atoms with van der Waals surface area (Å²) in [7, 11) is 0. The number of carbonyl (C=O) groups is 2. The van der Waals surface area contributed by atoms with Crippen LogP contribution in [0.4, 0.5) is 0 Å². The molecule has 1 saturated heterocycles. The lowest BCUT2D eigenvalue weighted by molar-refractivity contribution is -0.143. The molecule has 1 aliphatic carbocycles. The molecule has 2 unspecified atom stereocenters. The Kier molecular flexibility index (Phi) is 6.63. The minimum absolute atomic E-state index is 0.0640. The number of nitrogens with one attached hydrogen (secondary N) is 2. The molecule has 33 heavy (non-hydrogen) atoms. The van der Waals surface area contributed by atoms with Gasteiger partial charge in [-0.3, -0.25) is 14.9 Å². The van der Waals surface area contributed by atoms with Crippen LogP contribution in [0.3, 0.4) is 0 Å². The van der Waals surface area contributed by atoms with Crippen molar-refractivity contribution in [1.29, 1.82) is 0 Å². The number of carbonyl (C=O) groups excluding carboxylic acids is 1. The number of amides is 1. The Hall–Kier alpha value is -2.09. The standard InChI is InChI=1S/C25H30ClN3O3S/c26-19-10-20(33-14-19)7-16-8-22-21-5-6-27-11-18(21)12-28-24(22)29(13-16)23(30)9-15-1-3-17(4-2-15)25(31)32/h5-6,10-11,14-17,24,27-28H,1-4,7-9,12-13H2,(H,31,32). The van der Waals surface area contributed by atoms with Crippen molar-refractivity contribution in [3.8, 4) is 0 Å². The number of hydrogen-bond acceptors (Lipinski definition) is 5. The first-order valence-electron chi connectivity index (χ1n) is 11.8. The Balaban J connectivity index is 1.35. The zero-order valence-electron chi connectivity index (χ0n) is 18.6. The zero-order chi connectivity index (χ0) is 22.9. The van der Waals surface area contributed by atoms with Gasteiger partial charge in [0.1, 0.15) is 6.17 Å². The van der Waals surface area contributed by atoms with Gasteiger partial charge in [0.2, 0.25) is 5.91 Å². The summed E-state index contributed by atoms with van der Waals surface area (Å²) < 4.78 is 0. The summed E-state index contributed by atoms with van der Waals surface area (Å²) in [5.41, 5.74) is 3.79. The summed E-state index contributed by atoms with van der Waals surface area (Å²) in [5.74, 6) is -0.146. The fourth-order valence-corrected chi connectivity index (χ4v) is 6.98. The number of fused-ring (bicyclic) bond motifs is 2. The van der Waals surface area contributed by atoms with Crippen LogP contribution in [0.2, 0.25) is 5.02 Å². The van der Waals surface area contributed by atoms with Crippen LogP contribution in [0.25, 0.3) is 0 Å². The van der Waals surface area contributed by atoms with Crippen molar-refractivity contribution < 1.29 is 14.7 Å². The first kappa shape index (κ1) is 22.7. The topological polar surface area (TPSA) is 81.7 Å². The summed E-state index contributed by atoms with van der Waals surface area (Å²) in [6.45, 7) is 1.47. The number of nitrogens with zero attached hydrogens (tertiary/aromatic N) is 1. The van der Waals surface area contributed by atoms with E-state index in [-0.39, 0.29) is 23.9 Å². The molecule has 8 heteroatoms. The van der Waals surface area contributed by atoms with E-state index in [1.54, 1.807) is 11.3 Å². The second kappa shape index (κ2) is 9.65. The lowest BCUT2D eigenvalue weighted by Crippen LogP contribution is -2.57. The zero-order valence-corrected chi connectivity index (χ0v) is 20.1. The second-order valence-corrected chi connectivity index (χ2v) is 11.1. The van der Waals surface area contributed by atoms with E-state index in [0.29, 0.717) is 25.2 Å². The fraction of sp³-hybridized carbons (Fsp3) is 0.520. The van der Waals surface area contributed by atoms with Gasteiger partial charge in [0.05, 0.1) is 10.9 Å². The van der Waals surface area contributed by atoms with Crippen LogP contribution in [0, 0.1) is 17.8 Å². The van der Waals surface area contributed by atoms with E-state index in [0.717, 1.165) is 43.8 Å². The van der Waals surface area contributed by atoms with Crippen LogP contribution in [-0.2, 0) is 16.0 Å². The van der Waals surface area contributed by atoms with Gasteiger partial charge in [0.15, 0.2) is 0 Å². The molecule has 3 aliphatic heterocycles. The van der Waals surface area contributed by atoms with Crippen LogP contribution in [-0.4, -0.2) is 41.1 Å². The normalized spacial score (nSPS) is 29.1. The molecule has 5 rings (SSSR count). The maximum atomic E-state index is 13.6. The van der Waals surface area contributed by atoms with Crippen molar-refractivity contribution >= 4 is 34.8 Å². The van der Waals surface area contributed by atoms with Crippen LogP contribution in [0.5, 0.6) is 0 Å². The molecule has 1 saturated carbocycles. The van der Waals surface area contributed by atoms with Gasteiger partial charge in [0, 0.05) is 42.2 Å². The average molecular weight is 488 g/mol. The average Bonchev–Trinajstić information content (AvgIpc) is 3.23. The summed E-state index contributed by atoms with van der Waals surface area (Å²) in [6.07, 6.45) is 11.4. The number of hydrogen-bond donors (Lipinski definition) is 3. The van der Waals surface area contributed by atoms with E-state index < -0.39 is 5.97 Å². The molecule has 1 amide bonds. The third-order valence-corrected chi connectivity index (χ3v) is 8.78. The van der Waals surface area contributed by atoms with Gasteiger partial charge in [-0.05, 0) is 79.2 Å². The first-order valence-corrected chi connectivity index (χ1v) is 13.1. The van der Waals surface area contributed by atoms with Crippen LogP contribution >= 0.6 is 22.9 Å². The lowest BCUT2D eigenvalue weighted by atomic mass is 9.79. The number of likely N-dealkylation sites (tertiary alicyclic amines) is 1. The number of allylic oxidation sites excluding steroid dienone is 1. The Morgan fingerprint density at radius 1 is 1.21 bits per heavy atom. The van der Waals surface area contributed by atoms with E-state index in [1.165, 1.54) is 21.6 Å². The molecule has 0 bridgehead atoms. The van der Waals surface area contributed by atoms with E-state index >= 15 is 0 Å². The third kappa shape index (κ3) is 4.91. The van der Waals surface area contributed by atoms with E-state index in [2.05, 4.69) is 21.6 Å². The molecule has 0 spiro atoms. The molecule has 4 heterocycles. The fourth-order valence-electron chi connectivity index (χ4n) is 5.79. The van der Waals surface area contributed by atoms with E-state index in [1.807, 2.05) is 23.8 Å². The number of carboxylic acid groups (broad SMARTS) is 1. The van der Waals surface area contributed by atoms with Crippen LogP contribution in [0.15, 0.2) is 46.6 Å². The summed E-state index contributed by atoms with van der Waals surface area (Å²) >= 11 is 7.85. The van der Waals surface area contributed by atoms with Gasteiger partial charge in [0.25, 0.3) is 0 Å². The summed E-state index contributed by atoms with van der Waals surface area (Å²) in [5, 5.41) is 18.8. The van der Waals surface area contributed by atoms with Gasteiger partial charge in [-0.2, -0.15) is 0 Å². The minimum atomic E-state index is -0.700. The minimum Gasteiger partial charge on any atom is -0.481 e. The second-order valence-electron chi connectivity index (χ2n) is 9.70. The highest BCUT2D eigenvalue weighted by atomic mass is 35.5. The Morgan fingerprint density at radius 3 is 2.76 bits per heavy atom. The van der Waals surface area contributed by atoms with Crippen molar-refractivity contribution in [3.05, 3.63) is 56.5 Å². The number of dihydropyridines is 1. The van der Waals surface area contributed by atoms with Gasteiger partial charge < -0.3 is 15.3 Å². The Bertz CT molecular complexity index is 1020. The smallest absolute Gasteiger partial charge is 0.306 e. The van der Waals surface area contributed by atoms with Crippen molar-refractivity contribution in [3.63, 3.8) is 0 Å². The largest absolute Gasteiger partial charge is 0.481 e. The number of aliphatic carboxylic acids is 1. The molecule has 6 nitrogen and oxygen atoms in total. The molecule has 2 fully saturated rings. The number of carboxylic acids is 1. The predicted octanol–water partition coefficient (Wildman–Crippen LogP) is 4.30. The molecule has 1 aromatic heterocycles. The van der Waals surface area contributed by atoms with Crippen molar-refractivity contribution in [1.82, 2.24) is 15.5 Å². The highest BCUT2D eigenvalue weighted by Crippen LogP contribution is 2.38. The highest BCUT2D eigenvalue weighted by Gasteiger charge is 2.39. The Morgan fingerprint density at radius 2 is 2.03 bits per heavy atom. The number of rotatable bonds is 5. The first-order chi connectivity index (χ1) is 16.0. The molecule has 176 valence electrons. The number of thiophene rings is 1. The molecule has 0 radical (unpaired) electrons. The highest BCUT2D eigenvalue weighted by molar-refractivity contribution is 7.10. The summed E-state index contributed by atoms with van der Waals surface area (Å²) in [4.78, 5) is 28.2. The maximum absolute atomic E-state index is 13.6. The molecule has 4 aliphatic rings. The van der Waals surface area contributed by atoms with Gasteiger partial charge >= 0.3 is 5.97 Å². The molecule has 0 aromatic carbocycles. The summed E-state index contributed by atoms with van der Waals surface area (Å²) in [6, 6.07) is 2.04. The maximum Gasteiger partial charge on any atom is 0.306 e. The monoisotopic (exact) mass is 487 g/mol. The van der Waals surface area contributed by atoms with Gasteiger partial charge in [-0.15, -0.1) is 11.3 Å². The quantitative estimate of drug-likeness (QED) is 0.577. The lowest BCUT2D eigenvalue weighted by Gasteiger charge is -2.46. The van der Waals surface area contributed by atoms with Crippen molar-refractivity contribution in [2.75, 3.05) is 13.1 Å². The number of halogens is 1. The van der Waals surface area contributed by atoms with Gasteiger partial charge in [-0.1, -0.05) is 11.6 Å². The molecule has 2 atom stereocenters. The SMILES string of the molecule is O=C(O)C1CCC(CC(=O)N2CC(Cc3cc(Cl)cs3)CC3=C4C=CNC=C4CNC32)CC1. The van der Waals surface area contributed by atoms with Crippen molar-refractivity contribution in [2.45, 2.75) is 51.1 Å². The van der Waals surface area contributed by atoms with Crippen LogP contribution in [0.1, 0.15) is 43.4 Å². The molecule has 1 aromatic rings. The third-order valence-electron chi connectivity index (χ3n) is 7.48. The molecular weight excluding hydrogens is 458 g/mol. The molecular formula is C25H30ClN3O3S. The van der Waals surface area contributed by atoms with Crippen LogP contribution < -0.4 is 10.6 Å². The van der Waals surface area contributed by atoms with Crippen molar-refractivity contribution in [2.24, 2.45) is 17.8 Å².